The quantitative estimate of drug-likeness (QED) is 0.200. The Balaban J connectivity index is 1.41. The molecule has 2 heterocycles. The van der Waals surface area contributed by atoms with E-state index in [1.54, 1.807) is 25.1 Å². The fourth-order valence-electron chi connectivity index (χ4n) is 4.64. The van der Waals surface area contributed by atoms with Gasteiger partial charge in [0.15, 0.2) is 0 Å². The highest BCUT2D eigenvalue weighted by molar-refractivity contribution is 6.40. The summed E-state index contributed by atoms with van der Waals surface area (Å²) in [5.41, 5.74) is 5.03. The smallest absolute Gasteiger partial charge is 0.335 e. The lowest BCUT2D eigenvalue weighted by molar-refractivity contribution is -0.122. The van der Waals surface area contributed by atoms with Gasteiger partial charge in [-0.2, -0.15) is 0 Å². The fourth-order valence-corrected chi connectivity index (χ4v) is 4.94. The number of rotatable bonds is 6. The first-order chi connectivity index (χ1) is 19.1. The number of aryl methyl sites for hydroxylation is 1. The molecule has 1 saturated heterocycles. The molecule has 0 saturated carbocycles. The Morgan fingerprint density at radius 2 is 1.60 bits per heavy atom. The Morgan fingerprint density at radius 1 is 0.900 bits per heavy atom. The van der Waals surface area contributed by atoms with Crippen molar-refractivity contribution < 1.29 is 19.1 Å². The second-order valence-corrected chi connectivity index (χ2v) is 10.3. The fraction of sp³-hybridized carbons (Fsp3) is 0.129. The summed E-state index contributed by atoms with van der Waals surface area (Å²) in [5.74, 6) is -0.752. The van der Waals surface area contributed by atoms with Crippen molar-refractivity contribution in [2.24, 2.45) is 0 Å². The van der Waals surface area contributed by atoms with E-state index < -0.39 is 17.8 Å². The number of carbonyl (C=O) groups excluding carboxylic acids is 3. The first-order valence-electron chi connectivity index (χ1n) is 12.5. The lowest BCUT2D eigenvalue weighted by atomic mass is 10.1. The van der Waals surface area contributed by atoms with Crippen LogP contribution in [0, 0.1) is 20.8 Å². The lowest BCUT2D eigenvalue weighted by Crippen LogP contribution is -2.54. The van der Waals surface area contributed by atoms with Crippen molar-refractivity contribution in [1.29, 1.82) is 0 Å². The monoisotopic (exact) mass is 573 g/mol. The molecule has 40 heavy (non-hydrogen) atoms. The Labute approximate surface area is 241 Å². The van der Waals surface area contributed by atoms with Gasteiger partial charge in [0.2, 0.25) is 0 Å². The summed E-state index contributed by atoms with van der Waals surface area (Å²) in [6.07, 6.45) is 1.51. The summed E-state index contributed by atoms with van der Waals surface area (Å²) in [5, 5.41) is 3.35. The van der Waals surface area contributed by atoms with Gasteiger partial charge < -0.3 is 9.30 Å². The molecule has 1 N–H and O–H groups in total. The molecule has 0 spiro atoms. The standard InChI is InChI=1S/C31H25Cl2N3O4/c1-18-15-22(16-26-29(37)34-31(39)36(30(26)38)28-6-4-5-27(33)19(28)2)20(3)35(18)24-11-13-25(14-12-24)40-17-21-7-9-23(32)10-8-21/h4-16H,17H2,1-3H3,(H,34,37,39)/b26-16+. The molecule has 1 fully saturated rings. The molecule has 0 unspecified atom stereocenters. The first kappa shape index (κ1) is 27.2. The zero-order valence-electron chi connectivity index (χ0n) is 22.0. The van der Waals surface area contributed by atoms with Crippen LogP contribution in [-0.4, -0.2) is 22.4 Å². The van der Waals surface area contributed by atoms with E-state index >= 15 is 0 Å². The summed E-state index contributed by atoms with van der Waals surface area (Å²) >= 11 is 12.2. The van der Waals surface area contributed by atoms with Crippen molar-refractivity contribution in [3.05, 3.63) is 116 Å². The summed E-state index contributed by atoms with van der Waals surface area (Å²) in [6.45, 7) is 5.97. The van der Waals surface area contributed by atoms with E-state index in [0.717, 1.165) is 27.5 Å². The maximum atomic E-state index is 13.4. The zero-order chi connectivity index (χ0) is 28.6. The van der Waals surface area contributed by atoms with Crippen LogP contribution in [0.2, 0.25) is 10.0 Å². The highest BCUT2D eigenvalue weighted by atomic mass is 35.5. The molecule has 9 heteroatoms. The number of hydrogen-bond acceptors (Lipinski definition) is 4. The van der Waals surface area contributed by atoms with Gasteiger partial charge in [-0.25, -0.2) is 9.69 Å². The van der Waals surface area contributed by atoms with E-state index in [2.05, 4.69) is 5.32 Å². The van der Waals surface area contributed by atoms with Crippen LogP contribution in [0.4, 0.5) is 10.5 Å². The number of carbonyl (C=O) groups is 3. The SMILES string of the molecule is Cc1c(Cl)cccc1N1C(=O)NC(=O)/C(=C\c2cc(C)n(-c3ccc(OCc4ccc(Cl)cc4)cc3)c2C)C1=O. The van der Waals surface area contributed by atoms with Crippen molar-refractivity contribution in [2.75, 3.05) is 4.90 Å². The topological polar surface area (TPSA) is 80.6 Å². The third-order valence-electron chi connectivity index (χ3n) is 6.77. The number of benzene rings is 3. The van der Waals surface area contributed by atoms with E-state index in [1.807, 2.05) is 73.0 Å². The van der Waals surface area contributed by atoms with Gasteiger partial charge in [0.25, 0.3) is 11.8 Å². The average Bonchev–Trinajstić information content (AvgIpc) is 3.21. The average molecular weight is 574 g/mol. The highest BCUT2D eigenvalue weighted by Gasteiger charge is 2.37. The summed E-state index contributed by atoms with van der Waals surface area (Å²) in [6, 6.07) is 21.1. The number of nitrogens with zero attached hydrogens (tertiary/aromatic N) is 2. The Bertz CT molecular complexity index is 1670. The minimum atomic E-state index is -0.818. The van der Waals surface area contributed by atoms with E-state index in [0.29, 0.717) is 39.2 Å². The third kappa shape index (κ3) is 5.26. The normalized spacial score (nSPS) is 14.6. The van der Waals surface area contributed by atoms with Gasteiger partial charge in [-0.3, -0.25) is 14.9 Å². The molecule has 3 aromatic carbocycles. The van der Waals surface area contributed by atoms with Crippen LogP contribution in [0.25, 0.3) is 11.8 Å². The van der Waals surface area contributed by atoms with Gasteiger partial charge >= 0.3 is 6.03 Å². The molecule has 1 aliphatic rings. The summed E-state index contributed by atoms with van der Waals surface area (Å²) in [4.78, 5) is 39.7. The minimum absolute atomic E-state index is 0.148. The molecule has 7 nitrogen and oxygen atoms in total. The molecule has 0 radical (unpaired) electrons. The predicted octanol–water partition coefficient (Wildman–Crippen LogP) is 6.95. The molecular formula is C31H25Cl2N3O4. The van der Waals surface area contributed by atoms with Gasteiger partial charge in [-0.15, -0.1) is 0 Å². The van der Waals surface area contributed by atoms with Gasteiger partial charge in [0.05, 0.1) is 5.69 Å². The van der Waals surface area contributed by atoms with Gasteiger partial charge in [0, 0.05) is 27.1 Å². The van der Waals surface area contributed by atoms with E-state index in [-0.39, 0.29) is 5.57 Å². The van der Waals surface area contributed by atoms with Crippen molar-refractivity contribution in [3.63, 3.8) is 0 Å². The molecule has 0 bridgehead atoms. The van der Waals surface area contributed by atoms with Crippen LogP contribution in [0.15, 0.2) is 78.4 Å². The Morgan fingerprint density at radius 3 is 2.30 bits per heavy atom. The van der Waals surface area contributed by atoms with Crippen LogP contribution in [-0.2, 0) is 16.2 Å². The van der Waals surface area contributed by atoms with Crippen molar-refractivity contribution in [3.8, 4) is 11.4 Å². The maximum absolute atomic E-state index is 13.4. The van der Waals surface area contributed by atoms with Crippen molar-refractivity contribution in [1.82, 2.24) is 9.88 Å². The van der Waals surface area contributed by atoms with Crippen LogP contribution >= 0.6 is 23.2 Å². The molecule has 0 atom stereocenters. The molecule has 0 aliphatic carbocycles. The van der Waals surface area contributed by atoms with Gasteiger partial charge in [0.1, 0.15) is 17.9 Å². The second kappa shape index (κ2) is 11.0. The molecule has 4 aromatic rings. The number of halogens is 2. The Hall–Kier alpha value is -4.33. The molecule has 5 rings (SSSR count). The summed E-state index contributed by atoms with van der Waals surface area (Å²) in [7, 11) is 0. The van der Waals surface area contributed by atoms with Crippen LogP contribution in [0.1, 0.15) is 28.1 Å². The minimum Gasteiger partial charge on any atom is -0.489 e. The number of nitrogens with one attached hydrogen (secondary N) is 1. The van der Waals surface area contributed by atoms with Gasteiger partial charge in [-0.1, -0.05) is 41.4 Å². The predicted molar refractivity (Wildman–Crippen MR) is 156 cm³/mol. The molecular weight excluding hydrogens is 549 g/mol. The zero-order valence-corrected chi connectivity index (χ0v) is 23.5. The van der Waals surface area contributed by atoms with E-state index in [4.69, 9.17) is 27.9 Å². The first-order valence-corrected chi connectivity index (χ1v) is 13.2. The number of hydrogen-bond donors (Lipinski definition) is 1. The number of amides is 4. The number of barbiturate groups is 1. The molecule has 1 aromatic heterocycles. The molecule has 1 aliphatic heterocycles. The number of ether oxygens (including phenoxy) is 1. The van der Waals surface area contributed by atoms with Gasteiger partial charge in [-0.05, 0) is 98.1 Å². The van der Waals surface area contributed by atoms with Crippen LogP contribution in [0.5, 0.6) is 5.75 Å². The van der Waals surface area contributed by atoms with E-state index in [9.17, 15) is 14.4 Å². The van der Waals surface area contributed by atoms with Crippen molar-refractivity contribution >= 4 is 52.8 Å². The number of urea groups is 1. The van der Waals surface area contributed by atoms with Crippen LogP contribution < -0.4 is 15.0 Å². The number of aromatic nitrogens is 1. The largest absolute Gasteiger partial charge is 0.489 e. The highest BCUT2D eigenvalue weighted by Crippen LogP contribution is 2.31. The maximum Gasteiger partial charge on any atom is 0.335 e. The van der Waals surface area contributed by atoms with E-state index in [1.165, 1.54) is 6.08 Å². The summed E-state index contributed by atoms with van der Waals surface area (Å²) < 4.78 is 7.92. The van der Waals surface area contributed by atoms with Crippen molar-refractivity contribution in [2.45, 2.75) is 27.4 Å². The lowest BCUT2D eigenvalue weighted by Gasteiger charge is -2.27. The third-order valence-corrected chi connectivity index (χ3v) is 7.43. The van der Waals surface area contributed by atoms with Crippen LogP contribution in [0.3, 0.4) is 0 Å². The number of anilines is 1. The second-order valence-electron chi connectivity index (χ2n) is 9.41. The molecule has 4 amide bonds. The number of imide groups is 2. The molecule has 202 valence electrons. The Kier molecular flexibility index (Phi) is 7.52.